The molecule has 17 heavy (non-hydrogen) atoms. The number of nitriles is 1. The summed E-state index contributed by atoms with van der Waals surface area (Å²) in [5, 5.41) is 7.79. The zero-order valence-corrected chi connectivity index (χ0v) is 10.6. The normalized spacial score (nSPS) is 12.8. The number of benzene rings is 1. The van der Waals surface area contributed by atoms with Gasteiger partial charge in [0.25, 0.3) is 10.0 Å². The Morgan fingerprint density at radius 2 is 2.06 bits per heavy atom. The third-order valence-corrected chi connectivity index (χ3v) is 4.65. The van der Waals surface area contributed by atoms with E-state index in [1.54, 1.807) is 37.3 Å². The number of sulfonamides is 1. The van der Waals surface area contributed by atoms with Gasteiger partial charge in [-0.05, 0) is 18.6 Å². The second kappa shape index (κ2) is 5.06. The first-order valence-electron chi connectivity index (χ1n) is 5.17. The molecule has 1 atom stereocenters. The van der Waals surface area contributed by atoms with Crippen molar-refractivity contribution in [3.63, 3.8) is 0 Å². The Kier molecular flexibility index (Phi) is 3.97. The minimum Gasteiger partial charge on any atom is -0.397 e. The molecule has 6 heteroatoms. The maximum absolute atomic E-state index is 12.1. The highest BCUT2D eigenvalue weighted by Crippen LogP contribution is 2.25. The molecule has 0 aliphatic heterocycles. The molecule has 0 aliphatic carbocycles. The van der Waals surface area contributed by atoms with Crippen molar-refractivity contribution in [1.29, 1.82) is 5.26 Å². The number of anilines is 2. The van der Waals surface area contributed by atoms with E-state index in [0.29, 0.717) is 11.4 Å². The third-order valence-electron chi connectivity index (χ3n) is 2.53. The van der Waals surface area contributed by atoms with E-state index in [0.717, 1.165) is 4.31 Å². The summed E-state index contributed by atoms with van der Waals surface area (Å²) in [6.07, 6.45) is 0.246. The molecule has 0 amide bonds. The average Bonchev–Trinajstić information content (AvgIpc) is 2.30. The first-order valence-corrected chi connectivity index (χ1v) is 6.67. The van der Waals surface area contributed by atoms with Crippen molar-refractivity contribution in [2.45, 2.75) is 18.6 Å². The van der Waals surface area contributed by atoms with Crippen LogP contribution in [-0.2, 0) is 10.0 Å². The maximum Gasteiger partial charge on any atom is 0.251 e. The lowest BCUT2D eigenvalue weighted by atomic mass is 10.3. The van der Waals surface area contributed by atoms with E-state index in [1.165, 1.54) is 7.05 Å². The predicted octanol–water partition coefficient (Wildman–Crippen LogP) is 1.34. The molecule has 0 aliphatic rings. The zero-order chi connectivity index (χ0) is 13.1. The molecule has 1 rings (SSSR count). The number of hydrogen-bond acceptors (Lipinski definition) is 4. The number of nitrogens with two attached hydrogens (primary N) is 1. The van der Waals surface area contributed by atoms with Crippen LogP contribution in [0.25, 0.3) is 0 Å². The summed E-state index contributed by atoms with van der Waals surface area (Å²) >= 11 is 0. The van der Waals surface area contributed by atoms with Gasteiger partial charge in [-0.1, -0.05) is 19.1 Å². The largest absolute Gasteiger partial charge is 0.397 e. The summed E-state index contributed by atoms with van der Waals surface area (Å²) in [6, 6.07) is 8.44. The Morgan fingerprint density at radius 1 is 1.47 bits per heavy atom. The fraction of sp³-hybridized carbons (Fsp3) is 0.364. The Morgan fingerprint density at radius 3 is 2.53 bits per heavy atom. The van der Waals surface area contributed by atoms with Crippen LogP contribution < -0.4 is 10.0 Å². The van der Waals surface area contributed by atoms with Gasteiger partial charge >= 0.3 is 0 Å². The van der Waals surface area contributed by atoms with E-state index in [9.17, 15) is 8.42 Å². The second-order valence-corrected chi connectivity index (χ2v) is 5.74. The first-order chi connectivity index (χ1) is 7.95. The van der Waals surface area contributed by atoms with Crippen LogP contribution in [0.1, 0.15) is 13.3 Å². The summed E-state index contributed by atoms with van der Waals surface area (Å²) in [4.78, 5) is 0. The summed E-state index contributed by atoms with van der Waals surface area (Å²) in [7, 11) is -2.28. The Hall–Kier alpha value is -1.74. The average molecular weight is 253 g/mol. The van der Waals surface area contributed by atoms with Gasteiger partial charge in [0.2, 0.25) is 0 Å². The molecule has 92 valence electrons. The van der Waals surface area contributed by atoms with E-state index in [-0.39, 0.29) is 6.42 Å². The highest BCUT2D eigenvalue weighted by Gasteiger charge is 2.29. The number of para-hydroxylation sites is 2. The van der Waals surface area contributed by atoms with Gasteiger partial charge in [0, 0.05) is 7.05 Å². The van der Waals surface area contributed by atoms with E-state index < -0.39 is 15.3 Å². The molecule has 0 heterocycles. The topological polar surface area (TPSA) is 87.2 Å². The number of nitrogen functional groups attached to an aromatic ring is 1. The zero-order valence-electron chi connectivity index (χ0n) is 9.79. The Labute approximate surface area is 102 Å². The van der Waals surface area contributed by atoms with E-state index >= 15 is 0 Å². The molecule has 0 radical (unpaired) electrons. The number of nitrogens with zero attached hydrogens (tertiary/aromatic N) is 2. The van der Waals surface area contributed by atoms with Crippen LogP contribution in [0, 0.1) is 11.3 Å². The molecule has 1 unspecified atom stereocenters. The highest BCUT2D eigenvalue weighted by molar-refractivity contribution is 7.93. The van der Waals surface area contributed by atoms with Gasteiger partial charge in [-0.3, -0.25) is 4.31 Å². The van der Waals surface area contributed by atoms with Gasteiger partial charge in [-0.25, -0.2) is 8.42 Å². The Bertz CT molecular complexity index is 534. The van der Waals surface area contributed by atoms with Crippen LogP contribution in [0.15, 0.2) is 24.3 Å². The lowest BCUT2D eigenvalue weighted by Crippen LogP contribution is -2.35. The van der Waals surface area contributed by atoms with Crippen LogP contribution in [0.4, 0.5) is 11.4 Å². The molecule has 2 N–H and O–H groups in total. The minimum absolute atomic E-state index is 0.246. The summed E-state index contributed by atoms with van der Waals surface area (Å²) < 4.78 is 25.3. The lowest BCUT2D eigenvalue weighted by Gasteiger charge is -2.22. The molecule has 0 fully saturated rings. The van der Waals surface area contributed by atoms with E-state index in [4.69, 9.17) is 11.0 Å². The third kappa shape index (κ3) is 2.50. The Balaban J connectivity index is 3.19. The van der Waals surface area contributed by atoms with Crippen LogP contribution in [0.2, 0.25) is 0 Å². The molecule has 0 aromatic heterocycles. The van der Waals surface area contributed by atoms with Crippen molar-refractivity contribution in [2.24, 2.45) is 0 Å². The van der Waals surface area contributed by atoms with Crippen molar-refractivity contribution < 1.29 is 8.42 Å². The number of hydrogen-bond donors (Lipinski definition) is 1. The molecule has 1 aromatic rings. The van der Waals surface area contributed by atoms with Gasteiger partial charge in [-0.2, -0.15) is 5.26 Å². The van der Waals surface area contributed by atoms with Crippen LogP contribution in [0.5, 0.6) is 0 Å². The molecule has 0 saturated heterocycles. The second-order valence-electron chi connectivity index (χ2n) is 3.60. The molecular formula is C11H15N3O2S. The first kappa shape index (κ1) is 13.3. The van der Waals surface area contributed by atoms with Gasteiger partial charge < -0.3 is 5.73 Å². The van der Waals surface area contributed by atoms with E-state index in [2.05, 4.69) is 0 Å². The van der Waals surface area contributed by atoms with Crippen molar-refractivity contribution in [3.05, 3.63) is 24.3 Å². The molecule has 5 nitrogen and oxygen atoms in total. The summed E-state index contributed by atoms with van der Waals surface area (Å²) in [5.41, 5.74) is 6.47. The van der Waals surface area contributed by atoms with Crippen molar-refractivity contribution >= 4 is 21.4 Å². The molecule has 0 saturated carbocycles. The lowest BCUT2D eigenvalue weighted by molar-refractivity contribution is 0.586. The molecule has 0 bridgehead atoms. The van der Waals surface area contributed by atoms with Crippen molar-refractivity contribution in [3.8, 4) is 6.07 Å². The fourth-order valence-electron chi connectivity index (χ4n) is 1.47. The maximum atomic E-state index is 12.1. The van der Waals surface area contributed by atoms with Gasteiger partial charge in [-0.15, -0.1) is 0 Å². The summed E-state index contributed by atoms with van der Waals surface area (Å²) in [5.74, 6) is 0. The minimum atomic E-state index is -3.68. The number of rotatable bonds is 4. The van der Waals surface area contributed by atoms with Crippen molar-refractivity contribution in [2.75, 3.05) is 17.1 Å². The summed E-state index contributed by atoms with van der Waals surface area (Å²) in [6.45, 7) is 1.66. The SMILES string of the molecule is CCC(C#N)S(=O)(=O)N(C)c1ccccc1N. The van der Waals surface area contributed by atoms with Crippen molar-refractivity contribution in [1.82, 2.24) is 0 Å². The van der Waals surface area contributed by atoms with Crippen LogP contribution in [0.3, 0.4) is 0 Å². The van der Waals surface area contributed by atoms with Crippen LogP contribution >= 0.6 is 0 Å². The van der Waals surface area contributed by atoms with Gasteiger partial charge in [0.15, 0.2) is 5.25 Å². The van der Waals surface area contributed by atoms with Gasteiger partial charge in [0.1, 0.15) is 0 Å². The smallest absolute Gasteiger partial charge is 0.251 e. The molecule has 0 spiro atoms. The fourth-order valence-corrected chi connectivity index (χ4v) is 2.85. The highest BCUT2D eigenvalue weighted by atomic mass is 32.2. The van der Waals surface area contributed by atoms with Crippen LogP contribution in [-0.4, -0.2) is 20.7 Å². The molecular weight excluding hydrogens is 238 g/mol. The quantitative estimate of drug-likeness (QED) is 0.820. The monoisotopic (exact) mass is 253 g/mol. The standard InChI is InChI=1S/C11H15N3O2S/c1-3-9(8-12)17(15,16)14(2)11-7-5-4-6-10(11)13/h4-7,9H,3,13H2,1-2H3. The van der Waals surface area contributed by atoms with Gasteiger partial charge in [0.05, 0.1) is 17.4 Å². The predicted molar refractivity (Wildman–Crippen MR) is 67.9 cm³/mol. The van der Waals surface area contributed by atoms with E-state index in [1.807, 2.05) is 0 Å². The molecule has 1 aromatic carbocycles.